The van der Waals surface area contributed by atoms with Crippen LogP contribution in [0.1, 0.15) is 36.8 Å². The third-order valence-electron chi connectivity index (χ3n) is 2.73. The first-order valence-electron chi connectivity index (χ1n) is 5.14. The van der Waals surface area contributed by atoms with Crippen LogP contribution in [0.2, 0.25) is 0 Å². The normalized spacial score (nSPS) is 23.9. The standard InChI is InChI=1S/C10H15N3O2/c1-3-15-10(14)8-9(11)13(5-12-8)7-4-6(7)2/h5-7H,3-4,11H2,1-2H3. The quantitative estimate of drug-likeness (QED) is 0.760. The van der Waals surface area contributed by atoms with Crippen molar-refractivity contribution in [2.75, 3.05) is 12.3 Å². The van der Waals surface area contributed by atoms with Crippen molar-refractivity contribution in [3.05, 3.63) is 12.0 Å². The summed E-state index contributed by atoms with van der Waals surface area (Å²) in [5.41, 5.74) is 6.07. The summed E-state index contributed by atoms with van der Waals surface area (Å²) in [5, 5.41) is 0. The Hall–Kier alpha value is -1.52. The highest BCUT2D eigenvalue weighted by Crippen LogP contribution is 2.44. The van der Waals surface area contributed by atoms with Crippen molar-refractivity contribution >= 4 is 11.8 Å². The number of hydrogen-bond donors (Lipinski definition) is 1. The summed E-state index contributed by atoms with van der Waals surface area (Å²) in [6.45, 7) is 4.24. The maximum Gasteiger partial charge on any atom is 0.360 e. The molecule has 1 aromatic heterocycles. The topological polar surface area (TPSA) is 70.1 Å². The summed E-state index contributed by atoms with van der Waals surface area (Å²) < 4.78 is 6.71. The number of nitrogen functional groups attached to an aromatic ring is 1. The smallest absolute Gasteiger partial charge is 0.360 e. The zero-order valence-corrected chi connectivity index (χ0v) is 8.93. The van der Waals surface area contributed by atoms with Crippen molar-refractivity contribution in [1.29, 1.82) is 0 Å². The number of nitrogens with two attached hydrogens (primary N) is 1. The van der Waals surface area contributed by atoms with Gasteiger partial charge < -0.3 is 15.0 Å². The number of anilines is 1. The molecule has 0 amide bonds. The van der Waals surface area contributed by atoms with Gasteiger partial charge in [-0.2, -0.15) is 0 Å². The molecule has 0 bridgehead atoms. The van der Waals surface area contributed by atoms with Gasteiger partial charge in [-0.1, -0.05) is 6.92 Å². The van der Waals surface area contributed by atoms with E-state index in [1.165, 1.54) is 0 Å². The predicted octanol–water partition coefficient (Wildman–Crippen LogP) is 1.22. The van der Waals surface area contributed by atoms with Crippen LogP contribution in [0.4, 0.5) is 5.82 Å². The molecule has 2 N–H and O–H groups in total. The Labute approximate surface area is 88.2 Å². The Balaban J connectivity index is 2.20. The summed E-state index contributed by atoms with van der Waals surface area (Å²) >= 11 is 0. The van der Waals surface area contributed by atoms with Gasteiger partial charge in [-0.05, 0) is 19.3 Å². The van der Waals surface area contributed by atoms with Crippen molar-refractivity contribution in [3.8, 4) is 0 Å². The third-order valence-corrected chi connectivity index (χ3v) is 2.73. The molecular formula is C10H15N3O2. The minimum atomic E-state index is -0.443. The molecule has 1 aromatic rings. The Morgan fingerprint density at radius 3 is 3.00 bits per heavy atom. The molecule has 82 valence electrons. The zero-order valence-electron chi connectivity index (χ0n) is 8.93. The van der Waals surface area contributed by atoms with E-state index in [1.54, 1.807) is 13.3 Å². The van der Waals surface area contributed by atoms with Crippen LogP contribution >= 0.6 is 0 Å². The first kappa shape index (κ1) is 10.0. The minimum absolute atomic E-state index is 0.232. The Morgan fingerprint density at radius 2 is 2.47 bits per heavy atom. The first-order valence-corrected chi connectivity index (χ1v) is 5.14. The number of hydrogen-bond acceptors (Lipinski definition) is 4. The Morgan fingerprint density at radius 1 is 1.80 bits per heavy atom. The van der Waals surface area contributed by atoms with Gasteiger partial charge in [-0.3, -0.25) is 0 Å². The number of rotatable bonds is 3. The molecule has 1 aliphatic carbocycles. The Kier molecular flexibility index (Phi) is 2.38. The van der Waals surface area contributed by atoms with E-state index in [1.807, 2.05) is 4.57 Å². The lowest BCUT2D eigenvalue weighted by Crippen LogP contribution is -2.09. The minimum Gasteiger partial charge on any atom is -0.461 e. The van der Waals surface area contributed by atoms with Gasteiger partial charge in [0.2, 0.25) is 0 Å². The molecule has 0 saturated heterocycles. The summed E-state index contributed by atoms with van der Waals surface area (Å²) in [4.78, 5) is 15.4. The van der Waals surface area contributed by atoms with E-state index in [9.17, 15) is 4.79 Å². The van der Waals surface area contributed by atoms with E-state index in [4.69, 9.17) is 10.5 Å². The van der Waals surface area contributed by atoms with Crippen LogP contribution in [0.25, 0.3) is 0 Å². The summed E-state index contributed by atoms with van der Waals surface area (Å²) in [6, 6.07) is 0.403. The monoisotopic (exact) mass is 209 g/mol. The second-order valence-corrected chi connectivity index (χ2v) is 3.89. The molecular weight excluding hydrogens is 194 g/mol. The van der Waals surface area contributed by atoms with Gasteiger partial charge in [0.15, 0.2) is 5.69 Å². The van der Waals surface area contributed by atoms with Crippen molar-refractivity contribution < 1.29 is 9.53 Å². The van der Waals surface area contributed by atoms with Gasteiger partial charge >= 0.3 is 5.97 Å². The fraction of sp³-hybridized carbons (Fsp3) is 0.600. The lowest BCUT2D eigenvalue weighted by molar-refractivity contribution is 0.0521. The summed E-state index contributed by atoms with van der Waals surface area (Å²) in [6.07, 6.45) is 2.72. The van der Waals surface area contributed by atoms with Crippen molar-refractivity contribution in [2.45, 2.75) is 26.3 Å². The van der Waals surface area contributed by atoms with Gasteiger partial charge in [-0.15, -0.1) is 0 Å². The zero-order chi connectivity index (χ0) is 11.0. The highest BCUT2D eigenvalue weighted by molar-refractivity contribution is 5.92. The van der Waals surface area contributed by atoms with Crippen LogP contribution in [0.15, 0.2) is 6.33 Å². The molecule has 2 atom stereocenters. The first-order chi connectivity index (χ1) is 7.15. The van der Waals surface area contributed by atoms with Crippen LogP contribution in [0, 0.1) is 5.92 Å². The molecule has 5 nitrogen and oxygen atoms in total. The molecule has 1 fully saturated rings. The number of imidazole rings is 1. The second kappa shape index (κ2) is 3.56. The van der Waals surface area contributed by atoms with Gasteiger partial charge in [0.05, 0.1) is 12.9 Å². The molecule has 5 heteroatoms. The fourth-order valence-corrected chi connectivity index (χ4v) is 1.68. The van der Waals surface area contributed by atoms with E-state index in [0.717, 1.165) is 6.42 Å². The van der Waals surface area contributed by atoms with Crippen molar-refractivity contribution in [2.24, 2.45) is 5.92 Å². The van der Waals surface area contributed by atoms with Crippen LogP contribution in [0.3, 0.4) is 0 Å². The number of carbonyl (C=O) groups excluding carboxylic acids is 1. The van der Waals surface area contributed by atoms with Crippen molar-refractivity contribution in [3.63, 3.8) is 0 Å². The highest BCUT2D eigenvalue weighted by Gasteiger charge is 2.36. The number of esters is 1. The van der Waals surface area contributed by atoms with Gasteiger partial charge in [0, 0.05) is 6.04 Å². The second-order valence-electron chi connectivity index (χ2n) is 3.89. The average Bonchev–Trinajstić information content (AvgIpc) is 2.76. The van der Waals surface area contributed by atoms with E-state index < -0.39 is 5.97 Å². The van der Waals surface area contributed by atoms with Crippen LogP contribution in [-0.4, -0.2) is 22.1 Å². The van der Waals surface area contributed by atoms with Gasteiger partial charge in [-0.25, -0.2) is 9.78 Å². The van der Waals surface area contributed by atoms with Crippen molar-refractivity contribution in [1.82, 2.24) is 9.55 Å². The number of nitrogens with zero attached hydrogens (tertiary/aromatic N) is 2. The molecule has 0 spiro atoms. The molecule has 0 aromatic carbocycles. The lowest BCUT2D eigenvalue weighted by atomic mass is 10.4. The predicted molar refractivity (Wildman–Crippen MR) is 55.4 cm³/mol. The average molecular weight is 209 g/mol. The molecule has 15 heavy (non-hydrogen) atoms. The highest BCUT2D eigenvalue weighted by atomic mass is 16.5. The molecule has 0 radical (unpaired) electrons. The van der Waals surface area contributed by atoms with E-state index >= 15 is 0 Å². The SMILES string of the molecule is CCOC(=O)c1ncn(C2CC2C)c1N. The van der Waals surface area contributed by atoms with E-state index in [-0.39, 0.29) is 5.69 Å². The molecule has 1 aliphatic rings. The number of ether oxygens (including phenoxy) is 1. The maximum absolute atomic E-state index is 11.4. The number of carbonyl (C=O) groups is 1. The molecule has 1 saturated carbocycles. The van der Waals surface area contributed by atoms with Crippen LogP contribution in [0.5, 0.6) is 0 Å². The molecule has 2 rings (SSSR count). The summed E-state index contributed by atoms with van der Waals surface area (Å²) in [5.74, 6) is 0.599. The van der Waals surface area contributed by atoms with E-state index in [0.29, 0.717) is 24.4 Å². The fourth-order valence-electron chi connectivity index (χ4n) is 1.68. The maximum atomic E-state index is 11.4. The summed E-state index contributed by atoms with van der Waals surface area (Å²) in [7, 11) is 0. The molecule has 0 aliphatic heterocycles. The van der Waals surface area contributed by atoms with Gasteiger partial charge in [0.1, 0.15) is 5.82 Å². The third kappa shape index (κ3) is 1.69. The molecule has 1 heterocycles. The Bertz CT molecular complexity index is 386. The largest absolute Gasteiger partial charge is 0.461 e. The van der Waals surface area contributed by atoms with Crippen LogP contribution < -0.4 is 5.73 Å². The van der Waals surface area contributed by atoms with E-state index in [2.05, 4.69) is 11.9 Å². The molecule has 2 unspecified atom stereocenters. The number of aromatic nitrogens is 2. The van der Waals surface area contributed by atoms with Crippen LogP contribution in [-0.2, 0) is 4.74 Å². The van der Waals surface area contributed by atoms with Gasteiger partial charge in [0.25, 0.3) is 0 Å². The lowest BCUT2D eigenvalue weighted by Gasteiger charge is -2.03.